The van der Waals surface area contributed by atoms with Crippen molar-refractivity contribution in [3.05, 3.63) is 404 Å². The summed E-state index contributed by atoms with van der Waals surface area (Å²) < 4.78 is 62.9. The Hall–Kier alpha value is -9.90. The molecule has 0 spiro atoms. The number of aryl methyl sites for hydroxylation is 4. The van der Waals surface area contributed by atoms with Gasteiger partial charge in [0.25, 0.3) is 0 Å². The van der Waals surface area contributed by atoms with Gasteiger partial charge in [-0.2, -0.15) is 68.8 Å². The van der Waals surface area contributed by atoms with Crippen LogP contribution in [0.2, 0.25) is 13.1 Å². The van der Waals surface area contributed by atoms with Gasteiger partial charge in [0.05, 0.1) is 0 Å². The molecule has 0 aliphatic heterocycles. The third-order valence-electron chi connectivity index (χ3n) is 21.7. The number of halogens is 4. The Bertz CT molecular complexity index is 4740. The Kier molecular flexibility index (Phi) is 21.8. The van der Waals surface area contributed by atoms with Crippen molar-refractivity contribution in [3.8, 4) is 44.5 Å². The minimum Gasteiger partial charge on any atom is -0.206 e. The summed E-state index contributed by atoms with van der Waals surface area (Å²) in [6.07, 6.45) is 38.6. The van der Waals surface area contributed by atoms with Crippen LogP contribution in [0.4, 0.5) is 17.6 Å². The molecule has 105 heavy (non-hydrogen) atoms. The van der Waals surface area contributed by atoms with Crippen molar-refractivity contribution in [2.24, 2.45) is 0 Å². The molecule has 0 saturated carbocycles. The molecule has 0 fully saturated rings. The van der Waals surface area contributed by atoms with E-state index in [1.807, 2.05) is 146 Å². The van der Waals surface area contributed by atoms with Gasteiger partial charge in [-0.25, -0.2) is 17.6 Å². The Labute approximate surface area is 639 Å². The fraction of sp³-hybridized carbons (Fsp3) is 0.143. The van der Waals surface area contributed by atoms with Crippen LogP contribution < -0.4 is 20.7 Å². The Morgan fingerprint density at radius 1 is 0.276 bits per heavy atom. The molecule has 4 aliphatic rings. The first-order valence-corrected chi connectivity index (χ1v) is 40.7. The normalized spacial score (nSPS) is 16.0. The maximum Gasteiger partial charge on any atom is 4.00 e. The van der Waals surface area contributed by atoms with Crippen LogP contribution in [0.15, 0.2) is 291 Å². The summed E-state index contributed by atoms with van der Waals surface area (Å²) in [5.74, 6) is -1.01. The van der Waals surface area contributed by atoms with E-state index in [9.17, 15) is 0 Å². The van der Waals surface area contributed by atoms with E-state index in [2.05, 4.69) is 187 Å². The van der Waals surface area contributed by atoms with Crippen LogP contribution in [-0.2, 0) is 51.5 Å². The molecule has 4 unspecified atom stereocenters. The van der Waals surface area contributed by atoms with Crippen molar-refractivity contribution in [3.63, 3.8) is 0 Å². The minimum atomic E-state index is -1.27. The van der Waals surface area contributed by atoms with E-state index in [-0.39, 0.29) is 72.8 Å². The molecule has 4 aliphatic carbocycles. The molecule has 0 N–H and O–H groups in total. The number of benzene rings is 8. The van der Waals surface area contributed by atoms with Gasteiger partial charge in [0.1, 0.15) is 23.3 Å². The van der Waals surface area contributed by atoms with Crippen LogP contribution in [0.25, 0.3) is 68.8 Å². The monoisotopic (exact) mass is 1570 g/mol. The SMILES string of the molecule is CCc1cc2c([c-]1[Si](C)[c-]1c(CC)cc3c1C=CC=CC3c1ccc(-c3ccccc3)c(F)c1)C=CC=CC2c1ccc(-c2ccccc2)c(F)c1.CCc1cc2c([c-]1[Si](C)[c-]1c(CC)cc3c1C=CC=CC3c1ccc(-c3ccccc3)c(F)c1)C=CC=CC2c1ccc(-c2ccccc2)c(F)c1.[Hf+4]. The van der Waals surface area contributed by atoms with Gasteiger partial charge in [-0.1, -0.05) is 259 Å². The molecule has 0 saturated heterocycles. The van der Waals surface area contributed by atoms with Crippen LogP contribution in [0.1, 0.15) is 140 Å². The van der Waals surface area contributed by atoms with Crippen LogP contribution in [-0.4, -0.2) is 17.6 Å². The molecule has 514 valence electrons. The van der Waals surface area contributed by atoms with E-state index in [1.54, 1.807) is 24.3 Å². The average molecular weight is 1570 g/mol. The van der Waals surface area contributed by atoms with Gasteiger partial charge in [0.2, 0.25) is 0 Å². The summed E-state index contributed by atoms with van der Waals surface area (Å²) >= 11 is 0. The van der Waals surface area contributed by atoms with Crippen LogP contribution in [0.3, 0.4) is 0 Å². The van der Waals surface area contributed by atoms with Crippen molar-refractivity contribution in [1.82, 2.24) is 0 Å². The van der Waals surface area contributed by atoms with Gasteiger partial charge in [-0.05, 0) is 118 Å². The van der Waals surface area contributed by atoms with Crippen molar-refractivity contribution in [1.29, 1.82) is 0 Å². The molecule has 12 aromatic rings. The molecule has 0 heterocycles. The second kappa shape index (κ2) is 31.8. The molecule has 2 radical (unpaired) electrons. The maximum absolute atomic E-state index is 15.7. The molecule has 12 aromatic carbocycles. The molecule has 7 heteroatoms. The Morgan fingerprint density at radius 3 is 0.676 bits per heavy atom. The minimum absolute atomic E-state index is 0. The second-order valence-corrected chi connectivity index (χ2v) is 32.1. The first kappa shape index (κ1) is 72.1. The number of hydrogen-bond acceptors (Lipinski definition) is 0. The summed E-state index contributed by atoms with van der Waals surface area (Å²) in [5, 5.41) is 5.77. The van der Waals surface area contributed by atoms with E-state index < -0.39 is 17.6 Å². The number of rotatable bonds is 16. The molecule has 4 atom stereocenters. The number of hydrogen-bond donors (Lipinski definition) is 0. The zero-order chi connectivity index (χ0) is 71.5. The summed E-state index contributed by atoms with van der Waals surface area (Å²) in [7, 11) is -2.54. The predicted molar refractivity (Wildman–Crippen MR) is 435 cm³/mol. The molecule has 0 bridgehead atoms. The van der Waals surface area contributed by atoms with E-state index in [0.717, 1.165) is 70.2 Å². The van der Waals surface area contributed by atoms with Crippen molar-refractivity contribution < 1.29 is 43.4 Å². The van der Waals surface area contributed by atoms with Crippen molar-refractivity contribution >= 4 is 62.6 Å². The summed E-state index contributed by atoms with van der Waals surface area (Å²) in [6, 6.07) is 71.5. The largest absolute Gasteiger partial charge is 4.00 e. The third-order valence-corrected chi connectivity index (χ3v) is 27.1. The van der Waals surface area contributed by atoms with Crippen LogP contribution in [0.5, 0.6) is 0 Å². The van der Waals surface area contributed by atoms with Crippen LogP contribution in [0, 0.1) is 23.3 Å². The molecule has 0 amide bonds. The van der Waals surface area contributed by atoms with Crippen molar-refractivity contribution in [2.75, 3.05) is 0 Å². The van der Waals surface area contributed by atoms with Gasteiger partial charge in [-0.3, -0.25) is 0 Å². The number of allylic oxidation sites excluding steroid dienone is 12. The zero-order valence-corrected chi connectivity index (χ0v) is 65.8. The Balaban J connectivity index is 0.000000175. The van der Waals surface area contributed by atoms with Gasteiger partial charge >= 0.3 is 25.8 Å². The first-order valence-electron chi connectivity index (χ1n) is 36.7. The second-order valence-electron chi connectivity index (χ2n) is 27.6. The smallest absolute Gasteiger partial charge is 0.206 e. The van der Waals surface area contributed by atoms with Gasteiger partial charge in [-0.15, -0.1) is 91.6 Å². The summed E-state index contributed by atoms with van der Waals surface area (Å²) in [5.41, 5.74) is 25.4. The van der Waals surface area contributed by atoms with E-state index in [0.29, 0.717) is 22.3 Å². The first-order chi connectivity index (χ1) is 50.9. The van der Waals surface area contributed by atoms with E-state index in [4.69, 9.17) is 0 Å². The molecular formula is C98H82F4HfSi2. The fourth-order valence-corrected chi connectivity index (χ4v) is 22.6. The maximum atomic E-state index is 15.7. The fourth-order valence-electron chi connectivity index (χ4n) is 16.7. The van der Waals surface area contributed by atoms with Gasteiger partial charge in [0.15, 0.2) is 0 Å². The molecular weight excluding hydrogens is 1490 g/mol. The van der Waals surface area contributed by atoms with Crippen molar-refractivity contribution in [2.45, 2.75) is 90.1 Å². The quantitative estimate of drug-likeness (QED) is 0.0514. The van der Waals surface area contributed by atoms with E-state index >= 15 is 17.6 Å². The zero-order valence-electron chi connectivity index (χ0n) is 60.2. The predicted octanol–water partition coefficient (Wildman–Crippen LogP) is 23.1. The van der Waals surface area contributed by atoms with E-state index in [1.165, 1.54) is 87.5 Å². The summed E-state index contributed by atoms with van der Waals surface area (Å²) in [4.78, 5) is 0. The summed E-state index contributed by atoms with van der Waals surface area (Å²) in [6.45, 7) is 13.9. The molecule has 0 nitrogen and oxygen atoms in total. The topological polar surface area (TPSA) is 0 Å². The number of fused-ring (bicyclic) bond motifs is 4. The van der Waals surface area contributed by atoms with Gasteiger partial charge < -0.3 is 0 Å². The van der Waals surface area contributed by atoms with Gasteiger partial charge in [0, 0.05) is 39.8 Å². The molecule has 16 rings (SSSR count). The van der Waals surface area contributed by atoms with Crippen LogP contribution >= 0.6 is 0 Å². The Morgan fingerprint density at radius 2 is 0.486 bits per heavy atom. The standard InChI is InChI=1S/2C49H41F2Si.Hf/c2*1-4-32-28-44-38(36-24-26-40(46(50)30-36)34-16-8-6-9-17-34)20-12-14-22-42(44)48(32)52(3)49-33(5-2)29-45-39(21-13-15-23-43(45)49)37-25-27-41(47(51)31-37)35-18-10-7-11-19-35;/h2*6-31,38-39H,4-5H2,1-3H3;/q2*-2;+4. The average Bonchev–Trinajstić information content (AvgIpc) is 1.59. The molecule has 0 aromatic heterocycles. The third kappa shape index (κ3) is 14.1.